The van der Waals surface area contributed by atoms with E-state index in [0.29, 0.717) is 49.9 Å². The first kappa shape index (κ1) is 23.9. The number of carbonyl (C=O) groups excluding carboxylic acids is 2. The predicted octanol–water partition coefficient (Wildman–Crippen LogP) is 3.98. The van der Waals surface area contributed by atoms with E-state index in [2.05, 4.69) is 5.10 Å². The van der Waals surface area contributed by atoms with Crippen molar-refractivity contribution < 1.29 is 19.2 Å². The molecule has 0 unspecified atom stereocenters. The van der Waals surface area contributed by atoms with Crippen LogP contribution in [-0.2, 0) is 4.74 Å². The normalized spacial score (nSPS) is 13.6. The van der Waals surface area contributed by atoms with Crippen LogP contribution in [-0.4, -0.2) is 69.3 Å². The van der Waals surface area contributed by atoms with Gasteiger partial charge >= 0.3 is 6.09 Å². The van der Waals surface area contributed by atoms with Crippen LogP contribution < -0.4 is 0 Å². The van der Waals surface area contributed by atoms with Gasteiger partial charge in [0.1, 0.15) is 5.69 Å². The van der Waals surface area contributed by atoms with Crippen LogP contribution in [0.2, 0.25) is 0 Å². The second-order valence-electron chi connectivity index (χ2n) is 8.38. The summed E-state index contributed by atoms with van der Waals surface area (Å²) in [6, 6.07) is 13.7. The van der Waals surface area contributed by atoms with Gasteiger partial charge in [-0.15, -0.1) is 0 Å². The SMILES string of the molecule is CCOC(=O)N1CCN(C(=O)c2cc(-c3ccc(C)c(C)c3)nn2-c2cccc([N+](=O)[O-])c2)CC1. The first-order valence-electron chi connectivity index (χ1n) is 11.4. The molecule has 10 heteroatoms. The second kappa shape index (κ2) is 9.96. The number of amides is 2. The van der Waals surface area contributed by atoms with Crippen molar-refractivity contribution in [3.8, 4) is 16.9 Å². The van der Waals surface area contributed by atoms with Crippen molar-refractivity contribution in [2.45, 2.75) is 20.8 Å². The van der Waals surface area contributed by atoms with Gasteiger partial charge in [0.05, 0.1) is 22.9 Å². The molecular weight excluding hydrogens is 450 g/mol. The van der Waals surface area contributed by atoms with Crippen molar-refractivity contribution in [3.05, 3.63) is 75.5 Å². The number of rotatable bonds is 5. The van der Waals surface area contributed by atoms with Crippen molar-refractivity contribution in [1.29, 1.82) is 0 Å². The van der Waals surface area contributed by atoms with Crippen LogP contribution in [0.1, 0.15) is 28.5 Å². The van der Waals surface area contributed by atoms with Crippen LogP contribution in [0.5, 0.6) is 0 Å². The van der Waals surface area contributed by atoms with E-state index in [9.17, 15) is 19.7 Å². The number of aryl methyl sites for hydroxylation is 2. The average molecular weight is 478 g/mol. The van der Waals surface area contributed by atoms with E-state index in [-0.39, 0.29) is 11.6 Å². The van der Waals surface area contributed by atoms with Crippen molar-refractivity contribution in [3.63, 3.8) is 0 Å². The lowest BCUT2D eigenvalue weighted by atomic mass is 10.0. The fraction of sp³-hybridized carbons (Fsp3) is 0.320. The number of piperazine rings is 1. The largest absolute Gasteiger partial charge is 0.450 e. The molecule has 10 nitrogen and oxygen atoms in total. The van der Waals surface area contributed by atoms with Crippen LogP contribution in [0.3, 0.4) is 0 Å². The number of hydrogen-bond donors (Lipinski definition) is 0. The molecule has 0 bridgehead atoms. The summed E-state index contributed by atoms with van der Waals surface area (Å²) in [5, 5.41) is 16.0. The third kappa shape index (κ3) is 5.01. The van der Waals surface area contributed by atoms with Gasteiger partial charge in [0.2, 0.25) is 0 Å². The molecule has 0 radical (unpaired) electrons. The van der Waals surface area contributed by atoms with Crippen LogP contribution in [0.25, 0.3) is 16.9 Å². The number of nitro groups is 1. The van der Waals surface area contributed by atoms with Gasteiger partial charge < -0.3 is 14.5 Å². The molecule has 0 spiro atoms. The van der Waals surface area contributed by atoms with Gasteiger partial charge in [0, 0.05) is 43.9 Å². The lowest BCUT2D eigenvalue weighted by molar-refractivity contribution is -0.384. The second-order valence-corrected chi connectivity index (χ2v) is 8.38. The lowest BCUT2D eigenvalue weighted by Crippen LogP contribution is -2.51. The van der Waals surface area contributed by atoms with Gasteiger partial charge in [-0.05, 0) is 50.1 Å². The molecule has 182 valence electrons. The van der Waals surface area contributed by atoms with E-state index < -0.39 is 11.0 Å². The average Bonchev–Trinajstić information content (AvgIpc) is 3.31. The Kier molecular flexibility index (Phi) is 6.81. The Balaban J connectivity index is 1.69. The molecule has 2 heterocycles. The van der Waals surface area contributed by atoms with E-state index in [0.717, 1.165) is 16.7 Å². The lowest BCUT2D eigenvalue weighted by Gasteiger charge is -2.34. The van der Waals surface area contributed by atoms with Gasteiger partial charge in [0.25, 0.3) is 11.6 Å². The zero-order valence-electron chi connectivity index (χ0n) is 19.9. The van der Waals surface area contributed by atoms with Crippen LogP contribution in [0.4, 0.5) is 10.5 Å². The number of carbonyl (C=O) groups is 2. The standard InChI is InChI=1S/C25H27N5O5/c1-4-35-25(32)28-12-10-27(11-13-28)24(31)23-16-22(19-9-8-17(2)18(3)14-19)26-29(23)20-6-5-7-21(15-20)30(33)34/h5-9,14-16H,4,10-13H2,1-3H3. The maximum absolute atomic E-state index is 13.6. The summed E-state index contributed by atoms with van der Waals surface area (Å²) in [4.78, 5) is 39.7. The molecule has 1 aliphatic heterocycles. The van der Waals surface area contributed by atoms with Crippen LogP contribution >= 0.6 is 0 Å². The monoisotopic (exact) mass is 477 g/mol. The summed E-state index contributed by atoms with van der Waals surface area (Å²) in [5.74, 6) is -0.261. The minimum Gasteiger partial charge on any atom is -0.450 e. The van der Waals surface area contributed by atoms with Crippen molar-refractivity contribution in [2.75, 3.05) is 32.8 Å². The van der Waals surface area contributed by atoms with E-state index in [4.69, 9.17) is 4.74 Å². The third-order valence-corrected chi connectivity index (χ3v) is 6.11. The maximum Gasteiger partial charge on any atom is 0.409 e. The minimum absolute atomic E-state index is 0.0906. The number of benzene rings is 2. The molecule has 2 aromatic carbocycles. The highest BCUT2D eigenvalue weighted by Crippen LogP contribution is 2.26. The van der Waals surface area contributed by atoms with E-state index in [1.54, 1.807) is 34.9 Å². The quantitative estimate of drug-likeness (QED) is 0.406. The Bertz CT molecular complexity index is 1280. The Hall–Kier alpha value is -4.21. The molecule has 1 saturated heterocycles. The van der Waals surface area contributed by atoms with Gasteiger partial charge in [-0.3, -0.25) is 14.9 Å². The molecule has 1 fully saturated rings. The highest BCUT2D eigenvalue weighted by atomic mass is 16.6. The predicted molar refractivity (Wildman–Crippen MR) is 130 cm³/mol. The van der Waals surface area contributed by atoms with Crippen LogP contribution in [0.15, 0.2) is 48.5 Å². The maximum atomic E-state index is 13.6. The highest BCUT2D eigenvalue weighted by molar-refractivity contribution is 5.94. The summed E-state index contributed by atoms with van der Waals surface area (Å²) in [6.07, 6.45) is -0.390. The van der Waals surface area contributed by atoms with E-state index in [1.807, 2.05) is 32.0 Å². The minimum atomic E-state index is -0.479. The Morgan fingerprint density at radius 1 is 1.00 bits per heavy atom. The molecule has 0 aliphatic carbocycles. The zero-order valence-corrected chi connectivity index (χ0v) is 19.9. The summed E-state index contributed by atoms with van der Waals surface area (Å²) in [7, 11) is 0. The number of hydrogen-bond acceptors (Lipinski definition) is 6. The number of nitrogens with zero attached hydrogens (tertiary/aromatic N) is 5. The Labute approximate surface area is 202 Å². The summed E-state index contributed by atoms with van der Waals surface area (Å²) in [5.41, 5.74) is 4.29. The molecule has 3 aromatic rings. The van der Waals surface area contributed by atoms with Crippen molar-refractivity contribution >= 4 is 17.7 Å². The topological polar surface area (TPSA) is 111 Å². The molecule has 0 saturated carbocycles. The summed E-state index contributed by atoms with van der Waals surface area (Å²) < 4.78 is 6.51. The molecule has 4 rings (SSSR count). The fourth-order valence-corrected chi connectivity index (χ4v) is 3.98. The Morgan fingerprint density at radius 2 is 1.71 bits per heavy atom. The van der Waals surface area contributed by atoms with Gasteiger partial charge in [-0.2, -0.15) is 5.10 Å². The number of aromatic nitrogens is 2. The van der Waals surface area contributed by atoms with Crippen LogP contribution in [0, 0.1) is 24.0 Å². The molecule has 1 aliphatic rings. The van der Waals surface area contributed by atoms with Gasteiger partial charge in [-0.25, -0.2) is 9.48 Å². The summed E-state index contributed by atoms with van der Waals surface area (Å²) in [6.45, 7) is 7.48. The zero-order chi connectivity index (χ0) is 25.1. The first-order valence-corrected chi connectivity index (χ1v) is 11.4. The number of nitro benzene ring substituents is 1. The van der Waals surface area contributed by atoms with E-state index >= 15 is 0 Å². The highest BCUT2D eigenvalue weighted by Gasteiger charge is 2.28. The summed E-state index contributed by atoms with van der Waals surface area (Å²) >= 11 is 0. The van der Waals surface area contributed by atoms with Crippen molar-refractivity contribution in [2.24, 2.45) is 0 Å². The first-order chi connectivity index (χ1) is 16.8. The molecule has 2 amide bonds. The number of ether oxygens (including phenoxy) is 1. The Morgan fingerprint density at radius 3 is 2.37 bits per heavy atom. The number of non-ortho nitro benzene ring substituents is 1. The smallest absolute Gasteiger partial charge is 0.409 e. The van der Waals surface area contributed by atoms with Crippen molar-refractivity contribution in [1.82, 2.24) is 19.6 Å². The fourth-order valence-electron chi connectivity index (χ4n) is 3.98. The van der Waals surface area contributed by atoms with Gasteiger partial charge in [-0.1, -0.05) is 18.2 Å². The molecular formula is C25H27N5O5. The van der Waals surface area contributed by atoms with Gasteiger partial charge in [0.15, 0.2) is 0 Å². The molecule has 0 N–H and O–H groups in total. The molecule has 0 atom stereocenters. The molecule has 35 heavy (non-hydrogen) atoms. The molecule has 1 aromatic heterocycles. The van der Waals surface area contributed by atoms with E-state index in [1.165, 1.54) is 16.8 Å². The third-order valence-electron chi connectivity index (χ3n) is 6.11.